The second-order valence-corrected chi connectivity index (χ2v) is 6.13. The van der Waals surface area contributed by atoms with Crippen molar-refractivity contribution in [2.24, 2.45) is 23.5 Å². The van der Waals surface area contributed by atoms with Crippen LogP contribution >= 0.6 is 0 Å². The third kappa shape index (κ3) is 4.30. The number of nitrogens with one attached hydrogen (secondary N) is 1. The SMILES string of the molecule is CC(C)C1CCC(NC(=O)[C@@H](N)C(C)C)CC1. The molecule has 0 spiro atoms. The number of hydrogen-bond acceptors (Lipinski definition) is 2. The summed E-state index contributed by atoms with van der Waals surface area (Å²) in [5.41, 5.74) is 5.84. The van der Waals surface area contributed by atoms with E-state index in [0.717, 1.165) is 24.7 Å². The molecule has 100 valence electrons. The number of carbonyl (C=O) groups is 1. The summed E-state index contributed by atoms with van der Waals surface area (Å²) in [4.78, 5) is 11.8. The van der Waals surface area contributed by atoms with Gasteiger partial charge in [0.1, 0.15) is 0 Å². The molecule has 0 aromatic carbocycles. The van der Waals surface area contributed by atoms with E-state index < -0.39 is 0 Å². The van der Waals surface area contributed by atoms with Gasteiger partial charge >= 0.3 is 0 Å². The summed E-state index contributed by atoms with van der Waals surface area (Å²) in [7, 11) is 0. The van der Waals surface area contributed by atoms with E-state index in [4.69, 9.17) is 5.73 Å². The Hall–Kier alpha value is -0.570. The minimum Gasteiger partial charge on any atom is -0.352 e. The highest BCUT2D eigenvalue weighted by atomic mass is 16.2. The summed E-state index contributed by atoms with van der Waals surface area (Å²) in [6.07, 6.45) is 4.69. The normalized spacial score (nSPS) is 27.2. The lowest BCUT2D eigenvalue weighted by Gasteiger charge is -2.32. The molecular weight excluding hydrogens is 212 g/mol. The fourth-order valence-electron chi connectivity index (χ4n) is 2.53. The fraction of sp³-hybridized carbons (Fsp3) is 0.929. The molecule has 1 rings (SSSR count). The molecule has 17 heavy (non-hydrogen) atoms. The predicted octanol–water partition coefficient (Wildman–Crippen LogP) is 2.30. The van der Waals surface area contributed by atoms with E-state index in [-0.39, 0.29) is 17.9 Å². The van der Waals surface area contributed by atoms with Crippen LogP contribution in [0.25, 0.3) is 0 Å². The highest BCUT2D eigenvalue weighted by Crippen LogP contribution is 2.29. The van der Waals surface area contributed by atoms with Crippen molar-refractivity contribution in [2.45, 2.75) is 65.5 Å². The number of hydrogen-bond donors (Lipinski definition) is 2. The zero-order valence-corrected chi connectivity index (χ0v) is 11.7. The molecule has 0 aromatic heterocycles. The van der Waals surface area contributed by atoms with Crippen LogP contribution in [0.15, 0.2) is 0 Å². The predicted molar refractivity (Wildman–Crippen MR) is 71.5 cm³/mol. The monoisotopic (exact) mass is 240 g/mol. The van der Waals surface area contributed by atoms with Gasteiger partial charge in [-0.1, -0.05) is 27.7 Å². The van der Waals surface area contributed by atoms with Crippen LogP contribution in [-0.4, -0.2) is 18.0 Å². The Bertz CT molecular complexity index is 243. The fourth-order valence-corrected chi connectivity index (χ4v) is 2.53. The van der Waals surface area contributed by atoms with Gasteiger partial charge in [0.25, 0.3) is 0 Å². The van der Waals surface area contributed by atoms with E-state index in [9.17, 15) is 4.79 Å². The third-order valence-electron chi connectivity index (χ3n) is 4.08. The van der Waals surface area contributed by atoms with Gasteiger partial charge in [0, 0.05) is 6.04 Å². The first kappa shape index (κ1) is 14.5. The summed E-state index contributed by atoms with van der Waals surface area (Å²) < 4.78 is 0. The molecule has 1 fully saturated rings. The van der Waals surface area contributed by atoms with Gasteiger partial charge in [-0.25, -0.2) is 0 Å². The first-order valence-electron chi connectivity index (χ1n) is 6.97. The number of amides is 1. The molecule has 0 bridgehead atoms. The van der Waals surface area contributed by atoms with Gasteiger partial charge in [0.15, 0.2) is 0 Å². The van der Waals surface area contributed by atoms with Crippen molar-refractivity contribution < 1.29 is 4.79 Å². The largest absolute Gasteiger partial charge is 0.352 e. The molecule has 0 radical (unpaired) electrons. The van der Waals surface area contributed by atoms with Gasteiger partial charge in [-0.3, -0.25) is 4.79 Å². The molecule has 1 aliphatic rings. The highest BCUT2D eigenvalue weighted by molar-refractivity contribution is 5.82. The average Bonchev–Trinajstić information content (AvgIpc) is 2.28. The van der Waals surface area contributed by atoms with Crippen molar-refractivity contribution in [3.05, 3.63) is 0 Å². The molecule has 1 atom stereocenters. The van der Waals surface area contributed by atoms with Crippen LogP contribution in [0.5, 0.6) is 0 Å². The van der Waals surface area contributed by atoms with Crippen LogP contribution in [0.4, 0.5) is 0 Å². The molecule has 1 aliphatic carbocycles. The Morgan fingerprint density at radius 1 is 1.12 bits per heavy atom. The van der Waals surface area contributed by atoms with Crippen LogP contribution in [0.3, 0.4) is 0 Å². The van der Waals surface area contributed by atoms with Crippen molar-refractivity contribution in [2.75, 3.05) is 0 Å². The van der Waals surface area contributed by atoms with Gasteiger partial charge in [-0.2, -0.15) is 0 Å². The molecule has 3 nitrogen and oxygen atoms in total. The third-order valence-corrected chi connectivity index (χ3v) is 4.08. The lowest BCUT2D eigenvalue weighted by Crippen LogP contribution is -2.48. The average molecular weight is 240 g/mol. The van der Waals surface area contributed by atoms with Crippen molar-refractivity contribution in [3.8, 4) is 0 Å². The zero-order chi connectivity index (χ0) is 13.0. The Morgan fingerprint density at radius 2 is 1.65 bits per heavy atom. The number of rotatable bonds is 4. The molecule has 3 N–H and O–H groups in total. The van der Waals surface area contributed by atoms with E-state index in [0.29, 0.717) is 6.04 Å². The Kier molecular flexibility index (Phi) is 5.44. The molecule has 0 unspecified atom stereocenters. The smallest absolute Gasteiger partial charge is 0.237 e. The molecule has 0 aliphatic heterocycles. The molecule has 1 saturated carbocycles. The summed E-state index contributed by atoms with van der Waals surface area (Å²) in [5, 5.41) is 3.10. The van der Waals surface area contributed by atoms with Gasteiger partial charge < -0.3 is 11.1 Å². The van der Waals surface area contributed by atoms with Crippen LogP contribution < -0.4 is 11.1 Å². The lowest BCUT2D eigenvalue weighted by atomic mass is 9.79. The Morgan fingerprint density at radius 3 is 2.06 bits per heavy atom. The van der Waals surface area contributed by atoms with Crippen LogP contribution in [0, 0.1) is 17.8 Å². The summed E-state index contributed by atoms with van der Waals surface area (Å²) in [6, 6.07) is -0.0138. The van der Waals surface area contributed by atoms with Gasteiger partial charge in [0.05, 0.1) is 6.04 Å². The summed E-state index contributed by atoms with van der Waals surface area (Å²) >= 11 is 0. The number of carbonyl (C=O) groups excluding carboxylic acids is 1. The quantitative estimate of drug-likeness (QED) is 0.792. The Labute approximate surface area is 106 Å². The van der Waals surface area contributed by atoms with E-state index in [1.807, 2.05) is 13.8 Å². The standard InChI is InChI=1S/C14H28N2O/c1-9(2)11-5-7-12(8-6-11)16-14(17)13(15)10(3)4/h9-13H,5-8,15H2,1-4H3,(H,16,17)/t11?,12?,13-/m0/s1. The first-order chi connectivity index (χ1) is 7.91. The van der Waals surface area contributed by atoms with Crippen molar-refractivity contribution >= 4 is 5.91 Å². The maximum Gasteiger partial charge on any atom is 0.237 e. The molecule has 0 heterocycles. The molecular formula is C14H28N2O. The highest BCUT2D eigenvalue weighted by Gasteiger charge is 2.26. The topological polar surface area (TPSA) is 55.1 Å². The van der Waals surface area contributed by atoms with Crippen molar-refractivity contribution in [1.29, 1.82) is 0 Å². The van der Waals surface area contributed by atoms with Gasteiger partial charge in [-0.15, -0.1) is 0 Å². The van der Waals surface area contributed by atoms with Crippen molar-refractivity contribution in [3.63, 3.8) is 0 Å². The maximum absolute atomic E-state index is 11.8. The van der Waals surface area contributed by atoms with E-state index in [2.05, 4.69) is 19.2 Å². The Balaban J connectivity index is 2.33. The second kappa shape index (κ2) is 6.39. The van der Waals surface area contributed by atoms with Crippen LogP contribution in [-0.2, 0) is 4.79 Å². The van der Waals surface area contributed by atoms with E-state index in [1.54, 1.807) is 0 Å². The number of nitrogens with two attached hydrogens (primary N) is 1. The van der Waals surface area contributed by atoms with Crippen LogP contribution in [0.1, 0.15) is 53.4 Å². The molecule has 0 aromatic rings. The zero-order valence-electron chi connectivity index (χ0n) is 11.7. The first-order valence-corrected chi connectivity index (χ1v) is 6.97. The molecule has 3 heteroatoms. The minimum atomic E-state index is -0.363. The summed E-state index contributed by atoms with van der Waals surface area (Å²) in [5.74, 6) is 1.83. The lowest BCUT2D eigenvalue weighted by molar-refractivity contribution is -0.124. The van der Waals surface area contributed by atoms with Crippen molar-refractivity contribution in [1.82, 2.24) is 5.32 Å². The van der Waals surface area contributed by atoms with Crippen LogP contribution in [0.2, 0.25) is 0 Å². The van der Waals surface area contributed by atoms with Gasteiger partial charge in [0.2, 0.25) is 5.91 Å². The minimum absolute atomic E-state index is 0.0213. The molecule has 0 saturated heterocycles. The summed E-state index contributed by atoms with van der Waals surface area (Å²) in [6.45, 7) is 8.55. The van der Waals surface area contributed by atoms with Gasteiger partial charge in [-0.05, 0) is 43.4 Å². The second-order valence-electron chi connectivity index (χ2n) is 6.13. The maximum atomic E-state index is 11.8. The van der Waals surface area contributed by atoms with E-state index in [1.165, 1.54) is 12.8 Å². The van der Waals surface area contributed by atoms with E-state index >= 15 is 0 Å². The molecule has 1 amide bonds.